The van der Waals surface area contributed by atoms with E-state index in [9.17, 15) is 4.79 Å². The van der Waals surface area contributed by atoms with Crippen molar-refractivity contribution in [1.82, 2.24) is 0 Å². The number of ether oxygens (including phenoxy) is 4. The monoisotopic (exact) mass is 428 g/mol. The molecule has 0 saturated heterocycles. The summed E-state index contributed by atoms with van der Waals surface area (Å²) < 4.78 is 21.8. The van der Waals surface area contributed by atoms with Gasteiger partial charge in [0.25, 0.3) is 0 Å². The molecule has 0 aromatic heterocycles. The van der Waals surface area contributed by atoms with E-state index >= 15 is 0 Å². The van der Waals surface area contributed by atoms with E-state index in [1.165, 1.54) is 0 Å². The Morgan fingerprint density at radius 1 is 0.933 bits per heavy atom. The van der Waals surface area contributed by atoms with Crippen LogP contribution in [0.25, 0.3) is 17.2 Å². The number of halogens is 1. The van der Waals surface area contributed by atoms with Gasteiger partial charge in [0.05, 0.1) is 34.4 Å². The summed E-state index contributed by atoms with van der Waals surface area (Å²) in [5.41, 5.74) is 5.75. The summed E-state index contributed by atoms with van der Waals surface area (Å²) in [5, 5.41) is -0.396. The standard InChI is InChI=1S/C24H25ClO5/c1-13-18(9-15-10-20(28-4)23(30-6)21(11-15)29-5)17-8-7-16(27-3)12-19(17)22(13)14(2)24(25)26/h7-12,14H,1-6H3/b18-9-. The fourth-order valence-corrected chi connectivity index (χ4v) is 3.98. The molecule has 2 aromatic rings. The van der Waals surface area contributed by atoms with Crippen LogP contribution in [0.3, 0.4) is 0 Å². The average Bonchev–Trinajstić information content (AvgIpc) is 3.02. The number of hydrogen-bond acceptors (Lipinski definition) is 5. The molecule has 1 atom stereocenters. The smallest absolute Gasteiger partial charge is 0.228 e. The summed E-state index contributed by atoms with van der Waals surface area (Å²) >= 11 is 5.86. The summed E-state index contributed by atoms with van der Waals surface area (Å²) in [4.78, 5) is 12.0. The lowest BCUT2D eigenvalue weighted by molar-refractivity contribution is -0.113. The molecule has 0 amide bonds. The number of hydrogen-bond donors (Lipinski definition) is 0. The maximum absolute atomic E-state index is 12.0. The van der Waals surface area contributed by atoms with Crippen LogP contribution in [0.5, 0.6) is 23.0 Å². The van der Waals surface area contributed by atoms with Crippen LogP contribution in [0.2, 0.25) is 0 Å². The second kappa shape index (κ2) is 8.84. The van der Waals surface area contributed by atoms with E-state index < -0.39 is 11.2 Å². The number of carbonyl (C=O) groups excluding carboxylic acids is 1. The molecule has 0 heterocycles. The molecular formula is C24H25ClO5. The molecule has 5 nitrogen and oxygen atoms in total. The maximum atomic E-state index is 12.0. The molecule has 1 unspecified atom stereocenters. The van der Waals surface area contributed by atoms with Gasteiger partial charge in [0.2, 0.25) is 11.0 Å². The first-order valence-corrected chi connectivity index (χ1v) is 9.85. The van der Waals surface area contributed by atoms with Crippen LogP contribution in [-0.4, -0.2) is 33.7 Å². The zero-order valence-electron chi connectivity index (χ0n) is 18.0. The van der Waals surface area contributed by atoms with Crippen molar-refractivity contribution < 1.29 is 23.7 Å². The predicted molar refractivity (Wildman–Crippen MR) is 120 cm³/mol. The van der Waals surface area contributed by atoms with Crippen LogP contribution in [0, 0.1) is 5.92 Å². The fraction of sp³-hybridized carbons (Fsp3) is 0.292. The summed E-state index contributed by atoms with van der Waals surface area (Å²) in [7, 11) is 6.36. The van der Waals surface area contributed by atoms with Gasteiger partial charge in [0.15, 0.2) is 11.5 Å². The zero-order valence-corrected chi connectivity index (χ0v) is 18.7. The summed E-state index contributed by atoms with van der Waals surface area (Å²) in [6.45, 7) is 3.82. The Labute approximate surface area is 181 Å². The van der Waals surface area contributed by atoms with Crippen molar-refractivity contribution >= 4 is 34.1 Å². The highest BCUT2D eigenvalue weighted by molar-refractivity contribution is 6.64. The van der Waals surface area contributed by atoms with E-state index in [1.807, 2.05) is 50.3 Å². The van der Waals surface area contributed by atoms with Crippen LogP contribution in [0.4, 0.5) is 0 Å². The zero-order chi connectivity index (χ0) is 22.0. The minimum Gasteiger partial charge on any atom is -0.497 e. The highest BCUT2D eigenvalue weighted by Crippen LogP contribution is 2.47. The molecule has 1 aliphatic carbocycles. The summed E-state index contributed by atoms with van der Waals surface area (Å²) in [5.74, 6) is 1.96. The van der Waals surface area contributed by atoms with Crippen molar-refractivity contribution in [3.05, 3.63) is 52.6 Å². The van der Waals surface area contributed by atoms with E-state index in [2.05, 4.69) is 0 Å². The molecule has 30 heavy (non-hydrogen) atoms. The van der Waals surface area contributed by atoms with Gasteiger partial charge < -0.3 is 18.9 Å². The number of rotatable bonds is 7. The molecule has 0 radical (unpaired) electrons. The van der Waals surface area contributed by atoms with Crippen LogP contribution in [0.15, 0.2) is 35.9 Å². The molecule has 158 valence electrons. The Balaban J connectivity index is 2.23. The van der Waals surface area contributed by atoms with Crippen LogP contribution >= 0.6 is 11.6 Å². The van der Waals surface area contributed by atoms with Crippen molar-refractivity contribution in [3.8, 4) is 23.0 Å². The third-order valence-corrected chi connectivity index (χ3v) is 5.71. The first kappa shape index (κ1) is 21.8. The molecule has 0 saturated carbocycles. The quantitative estimate of drug-likeness (QED) is 0.549. The molecule has 0 fully saturated rings. The highest BCUT2D eigenvalue weighted by Gasteiger charge is 2.30. The van der Waals surface area contributed by atoms with Crippen LogP contribution in [-0.2, 0) is 4.79 Å². The van der Waals surface area contributed by atoms with Crippen molar-refractivity contribution in [3.63, 3.8) is 0 Å². The van der Waals surface area contributed by atoms with Crippen LogP contribution < -0.4 is 18.9 Å². The SMILES string of the molecule is COc1ccc2c(c1)C(C(C)C(=O)Cl)=C(C)/C2=C/c1cc(OC)c(OC)c(OC)c1. The van der Waals surface area contributed by atoms with Gasteiger partial charge in [0, 0.05) is 0 Å². The van der Waals surface area contributed by atoms with Gasteiger partial charge in [-0.25, -0.2) is 0 Å². The summed E-state index contributed by atoms with van der Waals surface area (Å²) in [6, 6.07) is 9.63. The van der Waals surface area contributed by atoms with Gasteiger partial charge in [-0.3, -0.25) is 4.79 Å². The van der Waals surface area contributed by atoms with E-state index in [0.717, 1.165) is 39.2 Å². The van der Waals surface area contributed by atoms with E-state index in [4.69, 9.17) is 30.5 Å². The molecule has 1 aliphatic rings. The van der Waals surface area contributed by atoms with Crippen molar-refractivity contribution in [2.45, 2.75) is 13.8 Å². The normalized spacial score (nSPS) is 15.1. The summed E-state index contributed by atoms with van der Waals surface area (Å²) in [6.07, 6.45) is 2.05. The van der Waals surface area contributed by atoms with E-state index in [-0.39, 0.29) is 0 Å². The lowest BCUT2D eigenvalue weighted by Crippen LogP contribution is -2.06. The second-order valence-corrected chi connectivity index (χ2v) is 7.37. The second-order valence-electron chi connectivity index (χ2n) is 6.99. The van der Waals surface area contributed by atoms with Crippen molar-refractivity contribution in [1.29, 1.82) is 0 Å². The molecule has 0 aliphatic heterocycles. The Kier molecular flexibility index (Phi) is 6.42. The molecule has 6 heteroatoms. The Bertz CT molecular complexity index is 1030. The molecule has 2 aromatic carbocycles. The number of fused-ring (bicyclic) bond motifs is 1. The maximum Gasteiger partial charge on any atom is 0.228 e. The molecule has 3 rings (SSSR count). The Hall–Kier alpha value is -2.92. The largest absolute Gasteiger partial charge is 0.497 e. The number of allylic oxidation sites excluding steroid dienone is 3. The number of carbonyl (C=O) groups is 1. The fourth-order valence-electron chi connectivity index (χ4n) is 3.87. The van der Waals surface area contributed by atoms with Gasteiger partial charge in [-0.15, -0.1) is 0 Å². The topological polar surface area (TPSA) is 54.0 Å². The third-order valence-electron chi connectivity index (χ3n) is 5.39. The molecule has 0 spiro atoms. The Morgan fingerprint density at radius 2 is 1.57 bits per heavy atom. The van der Waals surface area contributed by atoms with Gasteiger partial charge in [-0.1, -0.05) is 13.0 Å². The predicted octanol–water partition coefficient (Wildman–Crippen LogP) is 5.45. The van der Waals surface area contributed by atoms with Crippen molar-refractivity contribution in [2.24, 2.45) is 5.92 Å². The highest BCUT2D eigenvalue weighted by atomic mass is 35.5. The molecular weight excluding hydrogens is 404 g/mol. The minimum absolute atomic E-state index is 0.396. The van der Waals surface area contributed by atoms with Gasteiger partial charge in [-0.2, -0.15) is 0 Å². The van der Waals surface area contributed by atoms with Gasteiger partial charge in [-0.05, 0) is 82.3 Å². The molecule has 0 N–H and O–H groups in total. The van der Waals surface area contributed by atoms with Crippen LogP contribution in [0.1, 0.15) is 30.5 Å². The van der Waals surface area contributed by atoms with Crippen molar-refractivity contribution in [2.75, 3.05) is 28.4 Å². The Morgan fingerprint density at radius 3 is 2.07 bits per heavy atom. The minimum atomic E-state index is -0.441. The number of methoxy groups -OCH3 is 4. The van der Waals surface area contributed by atoms with Gasteiger partial charge in [0.1, 0.15) is 5.75 Å². The average molecular weight is 429 g/mol. The first-order valence-electron chi connectivity index (χ1n) is 9.47. The van der Waals surface area contributed by atoms with E-state index in [0.29, 0.717) is 17.2 Å². The molecule has 0 bridgehead atoms. The number of benzene rings is 2. The first-order chi connectivity index (χ1) is 14.4. The lowest BCUT2D eigenvalue weighted by Gasteiger charge is -2.13. The van der Waals surface area contributed by atoms with E-state index in [1.54, 1.807) is 28.4 Å². The lowest BCUT2D eigenvalue weighted by atomic mass is 9.94. The third kappa shape index (κ3) is 3.77. The van der Waals surface area contributed by atoms with Gasteiger partial charge >= 0.3 is 0 Å².